The minimum absolute atomic E-state index is 0.125. The van der Waals surface area contributed by atoms with E-state index in [2.05, 4.69) is 20.8 Å². The molecule has 3 heteroatoms. The molecule has 1 fully saturated rings. The predicted molar refractivity (Wildman–Crippen MR) is 58.1 cm³/mol. The van der Waals surface area contributed by atoms with E-state index in [0.717, 1.165) is 25.0 Å². The highest BCUT2D eigenvalue weighted by Crippen LogP contribution is 2.38. The molecule has 2 nitrogen and oxygen atoms in total. The molecule has 0 saturated heterocycles. The maximum atomic E-state index is 11.8. The van der Waals surface area contributed by atoms with Gasteiger partial charge in [-0.25, -0.2) is 0 Å². The van der Waals surface area contributed by atoms with Gasteiger partial charge in [-0.3, -0.25) is 4.21 Å². The van der Waals surface area contributed by atoms with Crippen LogP contribution < -0.4 is 5.73 Å². The highest BCUT2D eigenvalue weighted by Gasteiger charge is 2.41. The zero-order valence-corrected chi connectivity index (χ0v) is 9.69. The van der Waals surface area contributed by atoms with Gasteiger partial charge in [0, 0.05) is 22.6 Å². The lowest BCUT2D eigenvalue weighted by Crippen LogP contribution is -2.42. The molecule has 3 atom stereocenters. The van der Waals surface area contributed by atoms with E-state index in [4.69, 9.17) is 5.73 Å². The van der Waals surface area contributed by atoms with Crippen LogP contribution in [0, 0.1) is 5.41 Å². The minimum atomic E-state index is -0.697. The lowest BCUT2D eigenvalue weighted by Gasteiger charge is -2.26. The summed E-state index contributed by atoms with van der Waals surface area (Å²) in [6.45, 7) is 6.44. The van der Waals surface area contributed by atoms with E-state index >= 15 is 0 Å². The number of rotatable bonds is 3. The maximum absolute atomic E-state index is 11.8. The first-order valence-electron chi connectivity index (χ1n) is 5.12. The summed E-state index contributed by atoms with van der Waals surface area (Å²) < 4.78 is 11.8. The van der Waals surface area contributed by atoms with Gasteiger partial charge in [-0.15, -0.1) is 0 Å². The van der Waals surface area contributed by atoms with E-state index in [9.17, 15) is 4.21 Å². The molecule has 1 aliphatic carbocycles. The van der Waals surface area contributed by atoms with E-state index in [1.165, 1.54) is 0 Å². The van der Waals surface area contributed by atoms with Crippen LogP contribution in [0.2, 0.25) is 0 Å². The Hall–Kier alpha value is 0.110. The maximum Gasteiger partial charge on any atom is 0.0504 e. The van der Waals surface area contributed by atoms with Crippen LogP contribution in [-0.2, 0) is 10.8 Å². The van der Waals surface area contributed by atoms with Gasteiger partial charge in [0.25, 0.3) is 0 Å². The van der Waals surface area contributed by atoms with Crippen molar-refractivity contribution in [2.45, 2.75) is 51.3 Å². The van der Waals surface area contributed by atoms with Gasteiger partial charge >= 0.3 is 0 Å². The molecule has 1 rings (SSSR count). The third kappa shape index (κ3) is 2.32. The molecule has 2 N–H and O–H groups in total. The topological polar surface area (TPSA) is 43.1 Å². The molecule has 3 unspecified atom stereocenters. The molecule has 1 aliphatic rings. The Morgan fingerprint density at radius 2 is 2.15 bits per heavy atom. The van der Waals surface area contributed by atoms with Crippen LogP contribution in [-0.4, -0.2) is 21.3 Å². The summed E-state index contributed by atoms with van der Waals surface area (Å²) in [6, 6.07) is 0.125. The molecule has 0 aromatic heterocycles. The van der Waals surface area contributed by atoms with E-state index in [1.807, 2.05) is 0 Å². The summed E-state index contributed by atoms with van der Waals surface area (Å²) in [7, 11) is -0.697. The highest BCUT2D eigenvalue weighted by atomic mass is 32.2. The smallest absolute Gasteiger partial charge is 0.0504 e. The van der Waals surface area contributed by atoms with Crippen LogP contribution in [0.4, 0.5) is 0 Å². The molecule has 1 saturated carbocycles. The number of hydrogen-bond donors (Lipinski definition) is 1. The molecule has 0 amide bonds. The lowest BCUT2D eigenvalue weighted by atomic mass is 9.88. The van der Waals surface area contributed by atoms with Crippen molar-refractivity contribution in [1.82, 2.24) is 0 Å². The molecule has 0 aromatic carbocycles. The fourth-order valence-corrected chi connectivity index (χ4v) is 3.79. The second kappa shape index (κ2) is 4.09. The van der Waals surface area contributed by atoms with Crippen molar-refractivity contribution in [3.63, 3.8) is 0 Å². The average molecular weight is 203 g/mol. The Morgan fingerprint density at radius 3 is 2.54 bits per heavy atom. The summed E-state index contributed by atoms with van der Waals surface area (Å²) >= 11 is 0. The summed E-state index contributed by atoms with van der Waals surface area (Å²) in [6.07, 6.45) is 3.16. The molecular weight excluding hydrogens is 182 g/mol. The summed E-state index contributed by atoms with van der Waals surface area (Å²) in [4.78, 5) is 0. The van der Waals surface area contributed by atoms with Crippen molar-refractivity contribution in [1.29, 1.82) is 0 Å². The van der Waals surface area contributed by atoms with Crippen LogP contribution in [0.1, 0.15) is 40.0 Å². The lowest BCUT2D eigenvalue weighted by molar-refractivity contribution is 0.334. The van der Waals surface area contributed by atoms with Gasteiger partial charge in [-0.2, -0.15) is 0 Å². The van der Waals surface area contributed by atoms with Gasteiger partial charge in [0.2, 0.25) is 0 Å². The largest absolute Gasteiger partial charge is 0.326 e. The van der Waals surface area contributed by atoms with Crippen LogP contribution in [0.25, 0.3) is 0 Å². The minimum Gasteiger partial charge on any atom is -0.326 e. The number of hydrogen-bond acceptors (Lipinski definition) is 2. The first kappa shape index (κ1) is 11.2. The van der Waals surface area contributed by atoms with Crippen molar-refractivity contribution >= 4 is 10.8 Å². The quantitative estimate of drug-likeness (QED) is 0.758. The van der Waals surface area contributed by atoms with Crippen molar-refractivity contribution in [2.24, 2.45) is 11.1 Å². The monoisotopic (exact) mass is 203 g/mol. The van der Waals surface area contributed by atoms with Gasteiger partial charge in [0.15, 0.2) is 0 Å². The standard InChI is InChI=1S/C10H21NOS/c1-4-7-13(12)8-5-6-10(2,3)9(8)11/h8-9H,4-7,11H2,1-3H3. The van der Waals surface area contributed by atoms with Crippen molar-refractivity contribution < 1.29 is 4.21 Å². The van der Waals surface area contributed by atoms with Crippen molar-refractivity contribution in [2.75, 3.05) is 5.75 Å². The third-order valence-corrected chi connectivity index (χ3v) is 5.13. The molecule has 0 radical (unpaired) electrons. The Balaban J connectivity index is 2.59. The van der Waals surface area contributed by atoms with Crippen LogP contribution >= 0.6 is 0 Å². The van der Waals surface area contributed by atoms with Crippen molar-refractivity contribution in [3.8, 4) is 0 Å². The molecule has 78 valence electrons. The van der Waals surface area contributed by atoms with E-state index < -0.39 is 10.8 Å². The van der Waals surface area contributed by atoms with E-state index in [-0.39, 0.29) is 16.7 Å². The van der Waals surface area contributed by atoms with Gasteiger partial charge in [0.1, 0.15) is 0 Å². The van der Waals surface area contributed by atoms with Crippen molar-refractivity contribution in [3.05, 3.63) is 0 Å². The molecule has 0 aliphatic heterocycles. The Bertz CT molecular complexity index is 203. The Kier molecular flexibility index (Phi) is 3.52. The SMILES string of the molecule is CCCS(=O)C1CCC(C)(C)C1N. The second-order valence-corrected chi connectivity index (χ2v) is 6.45. The molecule has 0 spiro atoms. The fraction of sp³-hybridized carbons (Fsp3) is 1.00. The summed E-state index contributed by atoms with van der Waals surface area (Å²) in [5, 5.41) is 0.245. The molecule has 0 bridgehead atoms. The second-order valence-electron chi connectivity index (χ2n) is 4.68. The first-order valence-corrected chi connectivity index (χ1v) is 6.50. The van der Waals surface area contributed by atoms with Gasteiger partial charge in [-0.05, 0) is 24.7 Å². The van der Waals surface area contributed by atoms with Gasteiger partial charge in [0.05, 0.1) is 5.25 Å². The average Bonchev–Trinajstić information content (AvgIpc) is 2.28. The molecule has 0 aromatic rings. The van der Waals surface area contributed by atoms with E-state index in [1.54, 1.807) is 0 Å². The van der Waals surface area contributed by atoms with Crippen LogP contribution in [0.15, 0.2) is 0 Å². The van der Waals surface area contributed by atoms with Gasteiger partial charge in [-0.1, -0.05) is 20.8 Å². The third-order valence-electron chi connectivity index (χ3n) is 3.12. The molecular formula is C10H21NOS. The number of nitrogens with two attached hydrogens (primary N) is 1. The van der Waals surface area contributed by atoms with Crippen LogP contribution in [0.3, 0.4) is 0 Å². The first-order chi connectivity index (χ1) is 5.99. The predicted octanol–water partition coefficient (Wildman–Crippen LogP) is 1.66. The van der Waals surface area contributed by atoms with E-state index in [0.29, 0.717) is 0 Å². The zero-order chi connectivity index (χ0) is 10.1. The Morgan fingerprint density at radius 1 is 1.54 bits per heavy atom. The summed E-state index contributed by atoms with van der Waals surface area (Å²) in [5.41, 5.74) is 6.28. The zero-order valence-electron chi connectivity index (χ0n) is 8.88. The fourth-order valence-electron chi connectivity index (χ4n) is 2.01. The summed E-state index contributed by atoms with van der Waals surface area (Å²) in [5.74, 6) is 0.814. The highest BCUT2D eigenvalue weighted by molar-refractivity contribution is 7.85. The normalized spacial score (nSPS) is 34.8. The van der Waals surface area contributed by atoms with Gasteiger partial charge < -0.3 is 5.73 Å². The van der Waals surface area contributed by atoms with Crippen LogP contribution in [0.5, 0.6) is 0 Å². The molecule has 13 heavy (non-hydrogen) atoms. The Labute approximate surface area is 83.7 Å². The molecule has 0 heterocycles.